The normalized spacial score (nSPS) is 31.1. The van der Waals surface area contributed by atoms with E-state index in [1.54, 1.807) is 18.2 Å². The van der Waals surface area contributed by atoms with Gasteiger partial charge in [-0.25, -0.2) is 4.79 Å². The number of imide groups is 1. The molecule has 0 radical (unpaired) electrons. The van der Waals surface area contributed by atoms with Crippen molar-refractivity contribution in [2.75, 3.05) is 0 Å². The van der Waals surface area contributed by atoms with Gasteiger partial charge in [-0.05, 0) is 54.7 Å². The Morgan fingerprint density at radius 2 is 1.59 bits per heavy atom. The Bertz CT molecular complexity index is 1200. The summed E-state index contributed by atoms with van der Waals surface area (Å²) in [6, 6.07) is 14.7. The molecule has 6 nitrogen and oxygen atoms in total. The fraction of sp³-hybridized carbons (Fsp3) is 0.357. The summed E-state index contributed by atoms with van der Waals surface area (Å²) in [6.45, 7) is 1.44. The highest BCUT2D eigenvalue weighted by Crippen LogP contribution is 2.65. The number of esters is 1. The molecule has 3 fully saturated rings. The standard InChI is InChI=1S/C28H25NO5/c1-15(30)17-8-5-9-18(13-17)34-28(33)23(12-16-6-3-2-4-7-16)29-26(31)24-19-10-11-20(22-14-21(19)22)25(24)27(29)32/h2-11,13,19-25H,12,14H2,1H3/t19-,20-,21-,22-,23+,24+,25+/m1/s1. The number of allylic oxidation sites excluding steroid dienone is 2. The van der Waals surface area contributed by atoms with Crippen LogP contribution in [0.2, 0.25) is 0 Å². The van der Waals surface area contributed by atoms with Crippen molar-refractivity contribution in [1.29, 1.82) is 0 Å². The van der Waals surface area contributed by atoms with E-state index in [9.17, 15) is 19.2 Å². The summed E-state index contributed by atoms with van der Waals surface area (Å²) in [5.74, 6) is -0.713. The maximum Gasteiger partial charge on any atom is 0.335 e. The molecule has 0 N–H and O–H groups in total. The van der Waals surface area contributed by atoms with Crippen molar-refractivity contribution in [1.82, 2.24) is 4.90 Å². The van der Waals surface area contributed by atoms with Crippen LogP contribution in [0.1, 0.15) is 29.3 Å². The van der Waals surface area contributed by atoms with Crippen LogP contribution in [-0.2, 0) is 20.8 Å². The molecule has 4 aliphatic carbocycles. The Hall–Kier alpha value is -3.54. The summed E-state index contributed by atoms with van der Waals surface area (Å²) in [5, 5.41) is 0. The van der Waals surface area contributed by atoms with E-state index in [-0.39, 0.29) is 53.4 Å². The monoisotopic (exact) mass is 455 g/mol. The second kappa shape index (κ2) is 7.76. The molecule has 2 aromatic carbocycles. The zero-order valence-electron chi connectivity index (χ0n) is 18.8. The summed E-state index contributed by atoms with van der Waals surface area (Å²) < 4.78 is 5.65. The number of hydrogen-bond acceptors (Lipinski definition) is 5. The van der Waals surface area contributed by atoms with E-state index < -0.39 is 12.0 Å². The second-order valence-corrected chi connectivity index (χ2v) is 9.91. The van der Waals surface area contributed by atoms with Crippen molar-refractivity contribution < 1.29 is 23.9 Å². The molecule has 2 bridgehead atoms. The predicted octanol–water partition coefficient (Wildman–Crippen LogP) is 3.46. The topological polar surface area (TPSA) is 80.8 Å². The molecule has 1 heterocycles. The van der Waals surface area contributed by atoms with Gasteiger partial charge < -0.3 is 4.74 Å². The van der Waals surface area contributed by atoms with Crippen LogP contribution in [0.5, 0.6) is 5.75 Å². The fourth-order valence-electron chi connectivity index (χ4n) is 6.37. The minimum Gasteiger partial charge on any atom is -0.425 e. The average molecular weight is 456 g/mol. The summed E-state index contributed by atoms with van der Waals surface area (Å²) in [5.41, 5.74) is 1.26. The van der Waals surface area contributed by atoms with Crippen molar-refractivity contribution in [2.45, 2.75) is 25.8 Å². The molecular weight excluding hydrogens is 430 g/mol. The van der Waals surface area contributed by atoms with Gasteiger partial charge in [0.15, 0.2) is 5.78 Å². The first-order valence-corrected chi connectivity index (χ1v) is 11.9. The minimum absolute atomic E-state index is 0.0853. The van der Waals surface area contributed by atoms with Crippen LogP contribution in [0.3, 0.4) is 0 Å². The number of amides is 2. The molecule has 2 saturated carbocycles. The van der Waals surface area contributed by atoms with Crippen molar-refractivity contribution in [3.8, 4) is 5.75 Å². The number of carbonyl (C=O) groups excluding carboxylic acids is 4. The van der Waals surface area contributed by atoms with Gasteiger partial charge in [-0.15, -0.1) is 0 Å². The first kappa shape index (κ1) is 21.0. The van der Waals surface area contributed by atoms with Crippen LogP contribution in [-0.4, -0.2) is 34.5 Å². The smallest absolute Gasteiger partial charge is 0.335 e. The van der Waals surface area contributed by atoms with Crippen LogP contribution in [0.4, 0.5) is 0 Å². The SMILES string of the molecule is CC(=O)c1cccc(OC(=O)[C@H](Cc2ccccc2)N2C(=O)[C@H]3[C@@H]4C=C[C@H]([C@H]5C[C@H]45)[C@@H]3C2=O)c1. The Labute approximate surface area is 197 Å². The van der Waals surface area contributed by atoms with E-state index in [0.29, 0.717) is 17.4 Å². The van der Waals surface area contributed by atoms with E-state index in [1.165, 1.54) is 17.9 Å². The first-order chi connectivity index (χ1) is 16.4. The average Bonchev–Trinajstić information content (AvgIpc) is 3.62. The van der Waals surface area contributed by atoms with Gasteiger partial charge >= 0.3 is 5.97 Å². The van der Waals surface area contributed by atoms with Crippen LogP contribution >= 0.6 is 0 Å². The molecule has 6 heteroatoms. The molecule has 0 unspecified atom stereocenters. The molecule has 7 rings (SSSR count). The highest BCUT2D eigenvalue weighted by atomic mass is 16.5. The number of ether oxygens (including phenoxy) is 1. The van der Waals surface area contributed by atoms with E-state index in [0.717, 1.165) is 12.0 Å². The number of carbonyl (C=O) groups is 4. The van der Waals surface area contributed by atoms with Gasteiger partial charge in [-0.1, -0.05) is 54.6 Å². The Balaban J connectivity index is 1.32. The Morgan fingerprint density at radius 1 is 0.941 bits per heavy atom. The third-order valence-corrected chi connectivity index (χ3v) is 8.01. The van der Waals surface area contributed by atoms with Gasteiger partial charge in [0.05, 0.1) is 11.8 Å². The maximum atomic E-state index is 13.7. The summed E-state index contributed by atoms with van der Waals surface area (Å²) in [6.07, 6.45) is 5.50. The molecule has 5 aliphatic rings. The lowest BCUT2D eigenvalue weighted by atomic mass is 9.63. The second-order valence-electron chi connectivity index (χ2n) is 9.91. The molecule has 1 saturated heterocycles. The van der Waals surface area contributed by atoms with Crippen LogP contribution in [0.15, 0.2) is 66.7 Å². The number of nitrogens with zero attached hydrogens (tertiary/aromatic N) is 1. The third-order valence-electron chi connectivity index (χ3n) is 8.01. The molecule has 2 amide bonds. The lowest BCUT2D eigenvalue weighted by molar-refractivity contribution is -0.153. The number of Topliss-reactive ketones (excluding diaryl/α,β-unsaturated/α-hetero) is 1. The number of benzene rings is 2. The lowest BCUT2D eigenvalue weighted by Gasteiger charge is -2.37. The zero-order chi connectivity index (χ0) is 23.6. The van der Waals surface area contributed by atoms with Crippen LogP contribution < -0.4 is 4.74 Å². The first-order valence-electron chi connectivity index (χ1n) is 11.9. The minimum atomic E-state index is -1.07. The summed E-state index contributed by atoms with van der Waals surface area (Å²) in [7, 11) is 0. The predicted molar refractivity (Wildman–Crippen MR) is 123 cm³/mol. The van der Waals surface area contributed by atoms with Gasteiger partial charge in [0.25, 0.3) is 0 Å². The Morgan fingerprint density at radius 3 is 2.21 bits per heavy atom. The summed E-state index contributed by atoms with van der Waals surface area (Å²) >= 11 is 0. The number of rotatable bonds is 6. The maximum absolute atomic E-state index is 13.7. The van der Waals surface area contributed by atoms with Crippen LogP contribution in [0, 0.1) is 35.5 Å². The van der Waals surface area contributed by atoms with E-state index >= 15 is 0 Å². The largest absolute Gasteiger partial charge is 0.425 e. The van der Waals surface area contributed by atoms with Gasteiger partial charge in [-0.2, -0.15) is 0 Å². The van der Waals surface area contributed by atoms with Crippen molar-refractivity contribution in [2.24, 2.45) is 35.5 Å². The van der Waals surface area contributed by atoms with Crippen LogP contribution in [0.25, 0.3) is 0 Å². The molecule has 2 aromatic rings. The molecule has 34 heavy (non-hydrogen) atoms. The van der Waals surface area contributed by atoms with Gasteiger partial charge in [0, 0.05) is 12.0 Å². The molecule has 0 aromatic heterocycles. The lowest BCUT2D eigenvalue weighted by Crippen LogP contribution is -2.48. The number of ketones is 1. The van der Waals surface area contributed by atoms with Crippen molar-refractivity contribution >= 4 is 23.6 Å². The van der Waals surface area contributed by atoms with Gasteiger partial charge in [-0.3, -0.25) is 19.3 Å². The number of hydrogen-bond donors (Lipinski definition) is 0. The third kappa shape index (κ3) is 3.23. The number of likely N-dealkylation sites (tertiary alicyclic amines) is 1. The fourth-order valence-corrected chi connectivity index (χ4v) is 6.37. The van der Waals surface area contributed by atoms with E-state index in [2.05, 4.69) is 12.2 Å². The van der Waals surface area contributed by atoms with Crippen molar-refractivity contribution in [3.05, 3.63) is 77.9 Å². The molecule has 7 atom stereocenters. The van der Waals surface area contributed by atoms with E-state index in [1.807, 2.05) is 30.3 Å². The van der Waals surface area contributed by atoms with Gasteiger partial charge in [0.1, 0.15) is 11.8 Å². The molecular formula is C28H25NO5. The highest BCUT2D eigenvalue weighted by Gasteiger charge is 2.68. The highest BCUT2D eigenvalue weighted by molar-refractivity contribution is 6.09. The molecule has 0 spiro atoms. The quantitative estimate of drug-likeness (QED) is 0.219. The Kier molecular flexibility index (Phi) is 4.80. The van der Waals surface area contributed by atoms with Gasteiger partial charge in [0.2, 0.25) is 11.8 Å². The van der Waals surface area contributed by atoms with Crippen molar-refractivity contribution in [3.63, 3.8) is 0 Å². The zero-order valence-corrected chi connectivity index (χ0v) is 18.8. The molecule has 1 aliphatic heterocycles. The summed E-state index contributed by atoms with van der Waals surface area (Å²) in [4.78, 5) is 53.7. The molecule has 172 valence electrons. The van der Waals surface area contributed by atoms with E-state index in [4.69, 9.17) is 4.74 Å².